The van der Waals surface area contributed by atoms with Gasteiger partial charge in [-0.15, -0.1) is 0 Å². The van der Waals surface area contributed by atoms with E-state index in [4.69, 9.17) is 9.47 Å². The highest BCUT2D eigenvalue weighted by molar-refractivity contribution is 6.34. The number of benzene rings is 6. The molecule has 7 nitrogen and oxygen atoms in total. The van der Waals surface area contributed by atoms with E-state index in [2.05, 4.69) is 13.8 Å². The van der Waals surface area contributed by atoms with Crippen molar-refractivity contribution >= 4 is 29.1 Å². The van der Waals surface area contributed by atoms with Gasteiger partial charge < -0.3 is 9.47 Å². The highest BCUT2D eigenvalue weighted by Gasteiger charge is 2.40. The zero-order valence-corrected chi connectivity index (χ0v) is 29.7. The van der Waals surface area contributed by atoms with Gasteiger partial charge in [0, 0.05) is 16.5 Å². The van der Waals surface area contributed by atoms with Crippen LogP contribution in [-0.2, 0) is 5.41 Å². The molecule has 0 bridgehead atoms. The molecule has 0 saturated carbocycles. The Kier molecular flexibility index (Phi) is 8.14. The van der Waals surface area contributed by atoms with Gasteiger partial charge in [-0.05, 0) is 109 Å². The summed E-state index contributed by atoms with van der Waals surface area (Å²) in [4.78, 5) is 54.1. The van der Waals surface area contributed by atoms with Gasteiger partial charge in [0.05, 0.1) is 16.8 Å². The maximum absolute atomic E-state index is 13.3. The molecule has 8 rings (SSSR count). The van der Waals surface area contributed by atoms with Gasteiger partial charge in [-0.1, -0.05) is 80.1 Å². The number of nitrogens with zero attached hydrogens (tertiary/aromatic N) is 1. The molecule has 2 amide bonds. The molecule has 6 aromatic rings. The summed E-state index contributed by atoms with van der Waals surface area (Å²) in [6, 6.07) is 40.5. The van der Waals surface area contributed by atoms with Crippen molar-refractivity contribution in [3.8, 4) is 23.0 Å². The lowest BCUT2D eigenvalue weighted by atomic mass is 9.78. The van der Waals surface area contributed by atoms with E-state index in [1.807, 2.05) is 105 Å². The molecular formula is C46H35NO6. The first-order chi connectivity index (χ1) is 25.5. The summed E-state index contributed by atoms with van der Waals surface area (Å²) in [6.45, 7) is 8.13. The summed E-state index contributed by atoms with van der Waals surface area (Å²) in [5.41, 5.74) is 6.44. The quantitative estimate of drug-likeness (QED) is 0.116. The fourth-order valence-electron chi connectivity index (χ4n) is 7.19. The predicted octanol–water partition coefficient (Wildman–Crippen LogP) is 10.2. The first kappa shape index (κ1) is 33.5. The lowest BCUT2D eigenvalue weighted by Crippen LogP contribution is -2.29. The van der Waals surface area contributed by atoms with Gasteiger partial charge in [-0.3, -0.25) is 19.2 Å². The molecule has 1 heterocycles. The number of ketones is 2. The van der Waals surface area contributed by atoms with Crippen molar-refractivity contribution < 1.29 is 28.7 Å². The van der Waals surface area contributed by atoms with E-state index < -0.39 is 5.92 Å². The van der Waals surface area contributed by atoms with Gasteiger partial charge in [0.2, 0.25) is 0 Å². The summed E-state index contributed by atoms with van der Waals surface area (Å²) in [5, 5.41) is 0. The molecule has 1 atom stereocenters. The van der Waals surface area contributed by atoms with Crippen LogP contribution in [0.1, 0.15) is 89.0 Å². The standard InChI is InChI=1S/C46H35NO6/c1-27-7-5-9-29(23-27)41-42(48)37-21-19-35(25-39(37)43(41)49)52-33-15-11-30(12-16-33)46(3,4)31-13-17-34(18-14-31)53-36-20-22-38-40(26-36)45(51)47(44(38)50)32-10-6-8-28(2)24-32/h5-26,41H,1-4H3. The molecule has 2 aliphatic rings. The average molecular weight is 698 g/mol. The van der Waals surface area contributed by atoms with Gasteiger partial charge in [-0.25, -0.2) is 4.90 Å². The van der Waals surface area contributed by atoms with Crippen molar-refractivity contribution in [3.63, 3.8) is 0 Å². The Morgan fingerprint density at radius 1 is 0.491 bits per heavy atom. The molecule has 53 heavy (non-hydrogen) atoms. The number of fused-ring (bicyclic) bond motifs is 2. The molecule has 7 heteroatoms. The zero-order valence-electron chi connectivity index (χ0n) is 29.7. The second kappa shape index (κ2) is 12.9. The van der Waals surface area contributed by atoms with Crippen molar-refractivity contribution in [1.29, 1.82) is 0 Å². The van der Waals surface area contributed by atoms with Crippen LogP contribution in [-0.4, -0.2) is 23.4 Å². The number of carbonyl (C=O) groups excluding carboxylic acids is 4. The number of carbonyl (C=O) groups is 4. The first-order valence-corrected chi connectivity index (χ1v) is 17.4. The minimum atomic E-state index is -0.824. The highest BCUT2D eigenvalue weighted by Crippen LogP contribution is 2.39. The van der Waals surface area contributed by atoms with E-state index in [0.29, 0.717) is 56.5 Å². The second-order valence-corrected chi connectivity index (χ2v) is 14.2. The molecule has 1 unspecified atom stereocenters. The minimum absolute atomic E-state index is 0.184. The van der Waals surface area contributed by atoms with Crippen LogP contribution in [0.2, 0.25) is 0 Å². The van der Waals surface area contributed by atoms with Crippen LogP contribution in [0.15, 0.2) is 133 Å². The SMILES string of the molecule is Cc1cccc(C2C(=O)c3ccc(Oc4ccc(C(C)(C)c5ccc(Oc6ccc7c(c6)C(=O)N(c6cccc(C)c6)C7=O)cc5)cc4)cc3C2=O)c1. The Labute approximate surface area is 307 Å². The number of amides is 2. The summed E-state index contributed by atoms with van der Waals surface area (Å²) >= 11 is 0. The third kappa shape index (κ3) is 6.00. The lowest BCUT2D eigenvalue weighted by Gasteiger charge is -2.26. The van der Waals surface area contributed by atoms with Crippen LogP contribution < -0.4 is 14.4 Å². The topological polar surface area (TPSA) is 90.0 Å². The molecular weight excluding hydrogens is 663 g/mol. The Hall–Kier alpha value is -6.60. The number of imide groups is 1. The van der Waals surface area contributed by atoms with E-state index in [1.54, 1.807) is 42.5 Å². The molecule has 0 N–H and O–H groups in total. The molecule has 1 aliphatic carbocycles. The van der Waals surface area contributed by atoms with Gasteiger partial charge in [0.1, 0.15) is 28.9 Å². The average Bonchev–Trinajstić information content (AvgIpc) is 3.55. The van der Waals surface area contributed by atoms with Crippen molar-refractivity contribution in [2.24, 2.45) is 0 Å². The molecule has 6 aromatic carbocycles. The van der Waals surface area contributed by atoms with E-state index in [0.717, 1.165) is 22.3 Å². The van der Waals surface area contributed by atoms with Crippen LogP contribution in [0.3, 0.4) is 0 Å². The number of hydrogen-bond acceptors (Lipinski definition) is 6. The molecule has 1 aliphatic heterocycles. The monoisotopic (exact) mass is 697 g/mol. The van der Waals surface area contributed by atoms with Crippen LogP contribution in [0.5, 0.6) is 23.0 Å². The normalized spacial score (nSPS) is 15.1. The van der Waals surface area contributed by atoms with E-state index in [9.17, 15) is 19.2 Å². The van der Waals surface area contributed by atoms with Crippen LogP contribution in [0.25, 0.3) is 0 Å². The number of rotatable bonds is 8. The maximum Gasteiger partial charge on any atom is 0.266 e. The van der Waals surface area contributed by atoms with E-state index >= 15 is 0 Å². The van der Waals surface area contributed by atoms with E-state index in [-0.39, 0.29) is 28.8 Å². The van der Waals surface area contributed by atoms with Gasteiger partial charge >= 0.3 is 0 Å². The first-order valence-electron chi connectivity index (χ1n) is 17.4. The summed E-state index contributed by atoms with van der Waals surface area (Å²) in [7, 11) is 0. The molecule has 0 saturated heterocycles. The molecule has 0 fully saturated rings. The number of hydrogen-bond donors (Lipinski definition) is 0. The Balaban J connectivity index is 0.939. The Bertz CT molecular complexity index is 2310. The molecule has 0 radical (unpaired) electrons. The lowest BCUT2D eigenvalue weighted by molar-refractivity contribution is 0.0884. The smallest absolute Gasteiger partial charge is 0.266 e. The largest absolute Gasteiger partial charge is 0.457 e. The van der Waals surface area contributed by atoms with Crippen LogP contribution in [0, 0.1) is 13.8 Å². The molecule has 0 spiro atoms. The summed E-state index contributed by atoms with van der Waals surface area (Å²) in [6.07, 6.45) is 0. The van der Waals surface area contributed by atoms with Gasteiger partial charge in [0.25, 0.3) is 11.8 Å². The summed E-state index contributed by atoms with van der Waals surface area (Å²) < 4.78 is 12.3. The highest BCUT2D eigenvalue weighted by atomic mass is 16.5. The minimum Gasteiger partial charge on any atom is -0.457 e. The van der Waals surface area contributed by atoms with Crippen molar-refractivity contribution in [2.45, 2.75) is 39.0 Å². The maximum atomic E-state index is 13.3. The van der Waals surface area contributed by atoms with Gasteiger partial charge in [0.15, 0.2) is 11.6 Å². The van der Waals surface area contributed by atoms with Gasteiger partial charge in [-0.2, -0.15) is 0 Å². The third-order valence-electron chi connectivity index (χ3n) is 10.2. The van der Waals surface area contributed by atoms with Crippen LogP contribution >= 0.6 is 0 Å². The fourth-order valence-corrected chi connectivity index (χ4v) is 7.19. The Morgan fingerprint density at radius 2 is 0.981 bits per heavy atom. The predicted molar refractivity (Wildman–Crippen MR) is 203 cm³/mol. The number of ether oxygens (including phenoxy) is 2. The van der Waals surface area contributed by atoms with Crippen molar-refractivity contribution in [1.82, 2.24) is 0 Å². The third-order valence-corrected chi connectivity index (χ3v) is 10.2. The number of anilines is 1. The molecule has 0 aromatic heterocycles. The molecule has 260 valence electrons. The zero-order chi connectivity index (χ0) is 37.0. The fraction of sp³-hybridized carbons (Fsp3) is 0.130. The number of aryl methyl sites for hydroxylation is 2. The van der Waals surface area contributed by atoms with E-state index in [1.165, 1.54) is 4.90 Å². The summed E-state index contributed by atoms with van der Waals surface area (Å²) in [5.74, 6) is 0.213. The number of Topliss-reactive ketones (excluding diaryl/α,β-unsaturated/α-hetero) is 2. The second-order valence-electron chi connectivity index (χ2n) is 14.2. The van der Waals surface area contributed by atoms with Crippen molar-refractivity contribution in [2.75, 3.05) is 4.90 Å². The van der Waals surface area contributed by atoms with Crippen LogP contribution in [0.4, 0.5) is 5.69 Å². The van der Waals surface area contributed by atoms with Crippen molar-refractivity contribution in [3.05, 3.63) is 184 Å². The Morgan fingerprint density at radius 3 is 1.57 bits per heavy atom.